The number of Topliss-reactive ketones (excluding diaryl/α,β-unsaturated/α-hetero) is 1. The number of fused-ring (bicyclic) bond motifs is 1. The molecule has 0 unspecified atom stereocenters. The highest BCUT2D eigenvalue weighted by Crippen LogP contribution is 2.25. The average molecular weight is 282 g/mol. The van der Waals surface area contributed by atoms with E-state index in [1.165, 1.54) is 0 Å². The summed E-state index contributed by atoms with van der Waals surface area (Å²) in [6, 6.07) is 6.20. The minimum atomic E-state index is 0.0862. The lowest BCUT2D eigenvalue weighted by molar-refractivity contribution is 0.101. The molecule has 4 nitrogen and oxygen atoms in total. The lowest BCUT2D eigenvalue weighted by Gasteiger charge is -2.05. The summed E-state index contributed by atoms with van der Waals surface area (Å²) in [5, 5.41) is 5.00. The van der Waals surface area contributed by atoms with Crippen molar-refractivity contribution < 1.29 is 9.32 Å². The Hall–Kier alpha value is -2.36. The molecule has 1 aromatic carbocycles. The van der Waals surface area contributed by atoms with E-state index in [2.05, 4.69) is 27.9 Å². The number of nitrogens with zero attached hydrogens (tertiary/aromatic N) is 2. The molecular formula is C17H18N2O2. The van der Waals surface area contributed by atoms with Crippen LogP contribution in [-0.2, 0) is 6.54 Å². The third-order valence-corrected chi connectivity index (χ3v) is 3.93. The fourth-order valence-corrected chi connectivity index (χ4v) is 2.72. The fraction of sp³-hybridized carbons (Fsp3) is 0.294. The molecule has 0 atom stereocenters. The third kappa shape index (κ3) is 2.27. The lowest BCUT2D eigenvalue weighted by atomic mass is 10.1. The molecule has 0 radical (unpaired) electrons. The van der Waals surface area contributed by atoms with Crippen molar-refractivity contribution in [2.24, 2.45) is 0 Å². The number of aromatic nitrogens is 2. The standard InChI is InChI=1S/C17H18N2O2/c1-10-5-6-17-14(7-10)16(12(3)20)9-19(17)8-15-11(2)18-21-13(15)4/h5-7,9H,8H2,1-4H3. The van der Waals surface area contributed by atoms with Crippen LogP contribution < -0.4 is 0 Å². The first-order valence-corrected chi connectivity index (χ1v) is 6.99. The summed E-state index contributed by atoms with van der Waals surface area (Å²) in [6.07, 6.45) is 1.93. The summed E-state index contributed by atoms with van der Waals surface area (Å²) in [5.74, 6) is 0.911. The Kier molecular flexibility index (Phi) is 3.16. The Morgan fingerprint density at radius 3 is 2.67 bits per heavy atom. The van der Waals surface area contributed by atoms with E-state index in [-0.39, 0.29) is 5.78 Å². The maximum absolute atomic E-state index is 11.9. The molecule has 0 aliphatic heterocycles. The number of ketones is 1. The van der Waals surface area contributed by atoms with Crippen molar-refractivity contribution in [3.05, 3.63) is 52.5 Å². The maximum atomic E-state index is 11.9. The molecule has 0 aliphatic carbocycles. The number of benzene rings is 1. The van der Waals surface area contributed by atoms with Crippen molar-refractivity contribution in [3.63, 3.8) is 0 Å². The van der Waals surface area contributed by atoms with Crippen LogP contribution in [0, 0.1) is 20.8 Å². The van der Waals surface area contributed by atoms with Gasteiger partial charge < -0.3 is 9.09 Å². The van der Waals surface area contributed by atoms with Gasteiger partial charge in [-0.3, -0.25) is 4.79 Å². The summed E-state index contributed by atoms with van der Waals surface area (Å²) in [4.78, 5) is 11.9. The highest BCUT2D eigenvalue weighted by atomic mass is 16.5. The SMILES string of the molecule is CC(=O)c1cn(Cc2c(C)noc2C)c2ccc(C)cc12. The molecule has 0 saturated carbocycles. The molecule has 0 saturated heterocycles. The molecule has 0 aliphatic rings. The van der Waals surface area contributed by atoms with Gasteiger partial charge in [0.25, 0.3) is 0 Å². The molecule has 4 heteroatoms. The van der Waals surface area contributed by atoms with E-state index >= 15 is 0 Å². The Labute approximate surface area is 123 Å². The average Bonchev–Trinajstić information content (AvgIpc) is 2.94. The van der Waals surface area contributed by atoms with Crippen LogP contribution >= 0.6 is 0 Å². The second-order valence-corrected chi connectivity index (χ2v) is 5.55. The topological polar surface area (TPSA) is 48.0 Å². The zero-order chi connectivity index (χ0) is 15.1. The molecular weight excluding hydrogens is 264 g/mol. The highest BCUT2D eigenvalue weighted by molar-refractivity contribution is 6.07. The quantitative estimate of drug-likeness (QED) is 0.686. The van der Waals surface area contributed by atoms with Gasteiger partial charge >= 0.3 is 0 Å². The van der Waals surface area contributed by atoms with E-state index in [0.29, 0.717) is 6.54 Å². The van der Waals surface area contributed by atoms with Crippen molar-refractivity contribution in [1.82, 2.24) is 9.72 Å². The number of carbonyl (C=O) groups is 1. The van der Waals surface area contributed by atoms with Crippen LogP contribution in [0.5, 0.6) is 0 Å². The van der Waals surface area contributed by atoms with Gasteiger partial charge in [-0.2, -0.15) is 0 Å². The Morgan fingerprint density at radius 1 is 1.29 bits per heavy atom. The molecule has 0 bridgehead atoms. The molecule has 0 N–H and O–H groups in total. The van der Waals surface area contributed by atoms with Crippen molar-refractivity contribution in [3.8, 4) is 0 Å². The van der Waals surface area contributed by atoms with E-state index in [1.54, 1.807) is 6.92 Å². The Bertz CT molecular complexity index is 820. The normalized spacial score (nSPS) is 11.2. The number of rotatable bonds is 3. The van der Waals surface area contributed by atoms with Gasteiger partial charge in [0, 0.05) is 28.2 Å². The summed E-state index contributed by atoms with van der Waals surface area (Å²) in [6.45, 7) is 8.16. The van der Waals surface area contributed by atoms with Gasteiger partial charge in [-0.1, -0.05) is 16.8 Å². The molecule has 2 heterocycles. The van der Waals surface area contributed by atoms with Crippen LogP contribution in [0.4, 0.5) is 0 Å². The minimum Gasteiger partial charge on any atom is -0.361 e. The minimum absolute atomic E-state index is 0.0862. The second-order valence-electron chi connectivity index (χ2n) is 5.55. The molecule has 3 aromatic rings. The van der Waals surface area contributed by atoms with Gasteiger partial charge in [-0.05, 0) is 39.8 Å². The van der Waals surface area contributed by atoms with E-state index < -0.39 is 0 Å². The molecule has 0 fully saturated rings. The van der Waals surface area contributed by atoms with Crippen LogP contribution in [-0.4, -0.2) is 15.5 Å². The van der Waals surface area contributed by atoms with Crippen molar-refractivity contribution in [2.75, 3.05) is 0 Å². The van der Waals surface area contributed by atoms with Gasteiger partial charge in [0.2, 0.25) is 0 Å². The van der Waals surface area contributed by atoms with E-state index in [0.717, 1.165) is 39.0 Å². The predicted molar refractivity (Wildman–Crippen MR) is 81.8 cm³/mol. The van der Waals surface area contributed by atoms with Crippen LogP contribution in [0.3, 0.4) is 0 Å². The van der Waals surface area contributed by atoms with E-state index in [9.17, 15) is 4.79 Å². The summed E-state index contributed by atoms with van der Waals surface area (Å²) in [7, 11) is 0. The summed E-state index contributed by atoms with van der Waals surface area (Å²) in [5.41, 5.74) is 4.94. The first-order valence-electron chi connectivity index (χ1n) is 6.99. The summed E-state index contributed by atoms with van der Waals surface area (Å²) >= 11 is 0. The van der Waals surface area contributed by atoms with Crippen LogP contribution in [0.15, 0.2) is 28.9 Å². The third-order valence-electron chi connectivity index (χ3n) is 3.93. The van der Waals surface area contributed by atoms with Gasteiger partial charge in [-0.25, -0.2) is 0 Å². The number of carbonyl (C=O) groups excluding carboxylic acids is 1. The number of hydrogen-bond donors (Lipinski definition) is 0. The largest absolute Gasteiger partial charge is 0.361 e. The predicted octanol–water partition coefficient (Wildman–Crippen LogP) is 3.81. The Balaban J connectivity index is 2.17. The van der Waals surface area contributed by atoms with Gasteiger partial charge in [-0.15, -0.1) is 0 Å². The van der Waals surface area contributed by atoms with Gasteiger partial charge in [0.1, 0.15) is 5.76 Å². The molecule has 0 amide bonds. The Morgan fingerprint density at radius 2 is 2.05 bits per heavy atom. The van der Waals surface area contributed by atoms with Crippen LogP contribution in [0.1, 0.15) is 39.9 Å². The smallest absolute Gasteiger partial charge is 0.161 e. The van der Waals surface area contributed by atoms with Crippen LogP contribution in [0.25, 0.3) is 10.9 Å². The first-order chi connectivity index (χ1) is 9.97. The van der Waals surface area contributed by atoms with Crippen molar-refractivity contribution in [1.29, 1.82) is 0 Å². The van der Waals surface area contributed by atoms with Crippen LogP contribution in [0.2, 0.25) is 0 Å². The summed E-state index contributed by atoms with van der Waals surface area (Å²) < 4.78 is 7.32. The maximum Gasteiger partial charge on any atom is 0.161 e. The first kappa shape index (κ1) is 13.6. The van der Waals surface area contributed by atoms with Gasteiger partial charge in [0.05, 0.1) is 12.2 Å². The highest BCUT2D eigenvalue weighted by Gasteiger charge is 2.15. The molecule has 108 valence electrons. The van der Waals surface area contributed by atoms with Gasteiger partial charge in [0.15, 0.2) is 5.78 Å². The second kappa shape index (κ2) is 4.88. The fourth-order valence-electron chi connectivity index (χ4n) is 2.72. The number of aryl methyl sites for hydroxylation is 3. The zero-order valence-corrected chi connectivity index (χ0v) is 12.7. The lowest BCUT2D eigenvalue weighted by Crippen LogP contribution is -2.00. The van der Waals surface area contributed by atoms with E-state index in [4.69, 9.17) is 4.52 Å². The molecule has 0 spiro atoms. The monoisotopic (exact) mass is 282 g/mol. The molecule has 21 heavy (non-hydrogen) atoms. The van der Waals surface area contributed by atoms with E-state index in [1.807, 2.05) is 27.0 Å². The van der Waals surface area contributed by atoms with Crippen molar-refractivity contribution in [2.45, 2.75) is 34.2 Å². The zero-order valence-electron chi connectivity index (χ0n) is 12.7. The molecule has 2 aromatic heterocycles. The van der Waals surface area contributed by atoms with Crippen molar-refractivity contribution >= 4 is 16.7 Å². The number of hydrogen-bond acceptors (Lipinski definition) is 3. The molecule has 3 rings (SSSR count).